The molecule has 0 atom stereocenters. The van der Waals surface area contributed by atoms with Gasteiger partial charge >= 0.3 is 0 Å². The summed E-state index contributed by atoms with van der Waals surface area (Å²) in [4.78, 5) is 2.35. The zero-order valence-electron chi connectivity index (χ0n) is 26.5. The van der Waals surface area contributed by atoms with Crippen LogP contribution in [-0.4, -0.2) is 0 Å². The average Bonchev–Trinajstić information content (AvgIpc) is 3.72. The third kappa shape index (κ3) is 4.59. The van der Waals surface area contributed by atoms with E-state index in [-0.39, 0.29) is 0 Å². The minimum atomic E-state index is 0.875. The fourth-order valence-electron chi connectivity index (χ4n) is 7.29. The molecular formula is C46H29NO2. The summed E-state index contributed by atoms with van der Waals surface area (Å²) >= 11 is 0. The molecule has 0 aliphatic heterocycles. The van der Waals surface area contributed by atoms with Crippen LogP contribution in [0.25, 0.3) is 76.9 Å². The maximum atomic E-state index is 6.31. The highest BCUT2D eigenvalue weighted by Gasteiger charge is 2.19. The normalized spacial score (nSPS) is 11.7. The zero-order chi connectivity index (χ0) is 32.3. The Hall–Kier alpha value is -6.58. The maximum absolute atomic E-state index is 6.31. The van der Waals surface area contributed by atoms with Gasteiger partial charge in [0, 0.05) is 38.6 Å². The molecule has 230 valence electrons. The van der Waals surface area contributed by atoms with Gasteiger partial charge in [0.2, 0.25) is 0 Å². The highest BCUT2D eigenvalue weighted by Crippen LogP contribution is 2.43. The molecule has 0 amide bonds. The number of furan rings is 2. The van der Waals surface area contributed by atoms with Crippen molar-refractivity contribution in [2.45, 2.75) is 0 Å². The Bertz CT molecular complexity index is 2830. The van der Waals surface area contributed by atoms with Crippen LogP contribution in [0.5, 0.6) is 0 Å². The van der Waals surface area contributed by atoms with E-state index in [1.54, 1.807) is 0 Å². The molecule has 10 rings (SSSR count). The SMILES string of the molecule is c1ccc(-c2ccc(N(c3ccc4cc5c(cc4c3)oc3ccccc35)c3ccc4oc5ccccc5c4c3)cc2-c2ccccc2)cc1. The lowest BCUT2D eigenvalue weighted by Crippen LogP contribution is -2.10. The van der Waals surface area contributed by atoms with Crippen LogP contribution in [0, 0.1) is 0 Å². The van der Waals surface area contributed by atoms with Gasteiger partial charge in [-0.1, -0.05) is 109 Å². The van der Waals surface area contributed by atoms with Crippen molar-refractivity contribution in [3.05, 3.63) is 176 Å². The monoisotopic (exact) mass is 627 g/mol. The first-order valence-electron chi connectivity index (χ1n) is 16.6. The van der Waals surface area contributed by atoms with E-state index in [4.69, 9.17) is 8.83 Å². The lowest BCUT2D eigenvalue weighted by molar-refractivity contribution is 0.668. The van der Waals surface area contributed by atoms with E-state index in [9.17, 15) is 0 Å². The van der Waals surface area contributed by atoms with Crippen LogP contribution < -0.4 is 4.90 Å². The Labute approximate surface area is 282 Å². The molecule has 2 heterocycles. The quantitative estimate of drug-likeness (QED) is 0.190. The molecule has 8 aromatic carbocycles. The molecule has 0 saturated carbocycles. The topological polar surface area (TPSA) is 29.5 Å². The van der Waals surface area contributed by atoms with Crippen LogP contribution in [0.2, 0.25) is 0 Å². The van der Waals surface area contributed by atoms with Crippen LogP contribution in [-0.2, 0) is 0 Å². The number of rotatable bonds is 5. The van der Waals surface area contributed by atoms with E-state index in [0.717, 1.165) is 66.3 Å². The smallest absolute Gasteiger partial charge is 0.136 e. The molecule has 49 heavy (non-hydrogen) atoms. The van der Waals surface area contributed by atoms with Crippen LogP contribution in [0.3, 0.4) is 0 Å². The van der Waals surface area contributed by atoms with Crippen molar-refractivity contribution >= 4 is 71.7 Å². The molecule has 0 saturated heterocycles. The highest BCUT2D eigenvalue weighted by atomic mass is 16.3. The fraction of sp³-hybridized carbons (Fsp3) is 0. The summed E-state index contributed by atoms with van der Waals surface area (Å²) in [5.74, 6) is 0. The molecular weight excluding hydrogens is 599 g/mol. The van der Waals surface area contributed by atoms with Crippen molar-refractivity contribution in [1.29, 1.82) is 0 Å². The summed E-state index contributed by atoms with van der Waals surface area (Å²) in [5.41, 5.74) is 11.5. The number of hydrogen-bond acceptors (Lipinski definition) is 3. The minimum absolute atomic E-state index is 0.875. The van der Waals surface area contributed by atoms with Crippen molar-refractivity contribution in [2.75, 3.05) is 4.90 Å². The molecule has 0 spiro atoms. The van der Waals surface area contributed by atoms with Crippen LogP contribution in [0.4, 0.5) is 17.1 Å². The van der Waals surface area contributed by atoms with E-state index in [2.05, 4.69) is 157 Å². The third-order valence-electron chi connectivity index (χ3n) is 9.63. The van der Waals surface area contributed by atoms with Crippen molar-refractivity contribution in [3.63, 3.8) is 0 Å². The maximum Gasteiger partial charge on any atom is 0.136 e. The van der Waals surface area contributed by atoms with Gasteiger partial charge in [0.05, 0.1) is 0 Å². The van der Waals surface area contributed by atoms with Crippen molar-refractivity contribution in [2.24, 2.45) is 0 Å². The molecule has 0 aliphatic carbocycles. The number of anilines is 3. The van der Waals surface area contributed by atoms with E-state index in [1.165, 1.54) is 27.6 Å². The van der Waals surface area contributed by atoms with Gasteiger partial charge < -0.3 is 13.7 Å². The summed E-state index contributed by atoms with van der Waals surface area (Å²) in [6, 6.07) is 62.2. The third-order valence-corrected chi connectivity index (χ3v) is 9.63. The second-order valence-electron chi connectivity index (χ2n) is 12.6. The molecule has 3 heteroatoms. The van der Waals surface area contributed by atoms with Gasteiger partial charge in [-0.15, -0.1) is 0 Å². The Morgan fingerprint density at radius 3 is 1.57 bits per heavy atom. The number of benzene rings is 8. The molecule has 0 N–H and O–H groups in total. The van der Waals surface area contributed by atoms with E-state index in [1.807, 2.05) is 24.3 Å². The standard InChI is InChI=1S/C46H29NO2/c1-3-11-30(12-4-1)37-23-21-35(28-40(37)31-13-5-2-6-14-31)47(36-22-24-45-42(29-36)39-16-8-9-17-43(39)48-45)34-20-19-32-26-41-38-15-7-10-18-44(38)49-46(41)27-33(32)25-34/h1-29H. The summed E-state index contributed by atoms with van der Waals surface area (Å²) < 4.78 is 12.5. The Kier molecular flexibility index (Phi) is 6.18. The van der Waals surface area contributed by atoms with Crippen LogP contribution in [0.1, 0.15) is 0 Å². The van der Waals surface area contributed by atoms with E-state index < -0.39 is 0 Å². The van der Waals surface area contributed by atoms with Crippen molar-refractivity contribution in [3.8, 4) is 22.3 Å². The van der Waals surface area contributed by atoms with Gasteiger partial charge in [0.15, 0.2) is 0 Å². The second-order valence-corrected chi connectivity index (χ2v) is 12.6. The molecule has 0 radical (unpaired) electrons. The molecule has 2 aromatic heterocycles. The van der Waals surface area contributed by atoms with Gasteiger partial charge in [-0.3, -0.25) is 0 Å². The first-order valence-corrected chi connectivity index (χ1v) is 16.6. The van der Waals surface area contributed by atoms with Gasteiger partial charge in [0.1, 0.15) is 22.3 Å². The number of nitrogens with zero attached hydrogens (tertiary/aromatic N) is 1. The van der Waals surface area contributed by atoms with E-state index >= 15 is 0 Å². The predicted molar refractivity (Wildman–Crippen MR) is 204 cm³/mol. The highest BCUT2D eigenvalue weighted by molar-refractivity contribution is 6.11. The van der Waals surface area contributed by atoms with Crippen molar-refractivity contribution < 1.29 is 8.83 Å². The summed E-state index contributed by atoms with van der Waals surface area (Å²) in [7, 11) is 0. The number of fused-ring (bicyclic) bond motifs is 7. The lowest BCUT2D eigenvalue weighted by atomic mass is 9.93. The Morgan fingerprint density at radius 1 is 0.306 bits per heavy atom. The van der Waals surface area contributed by atoms with Gasteiger partial charge in [-0.05, 0) is 99.8 Å². The first kappa shape index (κ1) is 27.5. The summed E-state index contributed by atoms with van der Waals surface area (Å²) in [6.07, 6.45) is 0. The minimum Gasteiger partial charge on any atom is -0.456 e. The van der Waals surface area contributed by atoms with E-state index in [0.29, 0.717) is 0 Å². The largest absolute Gasteiger partial charge is 0.456 e. The predicted octanol–water partition coefficient (Wildman–Crippen LogP) is 13.4. The lowest BCUT2D eigenvalue weighted by Gasteiger charge is -2.27. The fourth-order valence-corrected chi connectivity index (χ4v) is 7.29. The Balaban J connectivity index is 1.21. The van der Waals surface area contributed by atoms with Crippen molar-refractivity contribution in [1.82, 2.24) is 0 Å². The van der Waals surface area contributed by atoms with Gasteiger partial charge in [-0.2, -0.15) is 0 Å². The summed E-state index contributed by atoms with van der Waals surface area (Å²) in [5, 5.41) is 6.75. The Morgan fingerprint density at radius 2 is 0.837 bits per heavy atom. The zero-order valence-corrected chi connectivity index (χ0v) is 26.5. The molecule has 3 nitrogen and oxygen atoms in total. The molecule has 0 unspecified atom stereocenters. The average molecular weight is 628 g/mol. The molecule has 0 fully saturated rings. The van der Waals surface area contributed by atoms with Crippen LogP contribution in [0.15, 0.2) is 185 Å². The van der Waals surface area contributed by atoms with Gasteiger partial charge in [-0.25, -0.2) is 0 Å². The number of para-hydroxylation sites is 2. The molecule has 10 aromatic rings. The first-order chi connectivity index (χ1) is 24.3. The van der Waals surface area contributed by atoms with Crippen LogP contribution >= 0.6 is 0 Å². The number of hydrogen-bond donors (Lipinski definition) is 0. The second kappa shape index (κ2) is 11.0. The molecule has 0 bridgehead atoms. The van der Waals surface area contributed by atoms with Gasteiger partial charge in [0.25, 0.3) is 0 Å². The summed E-state index contributed by atoms with van der Waals surface area (Å²) in [6.45, 7) is 0. The molecule has 0 aliphatic rings.